The molecule has 108 valence electrons. The van der Waals surface area contributed by atoms with Crippen molar-refractivity contribution in [1.82, 2.24) is 0 Å². The van der Waals surface area contributed by atoms with E-state index in [4.69, 9.17) is 29.4 Å². The molecular formula is C15H13NO5. The Labute approximate surface area is 120 Å². The number of ether oxygens (including phenoxy) is 5. The van der Waals surface area contributed by atoms with Gasteiger partial charge in [-0.15, -0.1) is 0 Å². The van der Waals surface area contributed by atoms with Gasteiger partial charge in [-0.3, -0.25) is 0 Å². The van der Waals surface area contributed by atoms with Crippen LogP contribution in [-0.4, -0.2) is 20.0 Å². The molecule has 0 amide bonds. The van der Waals surface area contributed by atoms with Gasteiger partial charge in [0.1, 0.15) is 19.0 Å². The zero-order chi connectivity index (χ0) is 14.2. The first kappa shape index (κ1) is 12.0. The molecule has 6 heteroatoms. The van der Waals surface area contributed by atoms with Crippen molar-refractivity contribution in [3.63, 3.8) is 0 Å². The van der Waals surface area contributed by atoms with Crippen molar-refractivity contribution in [3.05, 3.63) is 30.3 Å². The van der Waals surface area contributed by atoms with Crippen LogP contribution in [0.15, 0.2) is 30.3 Å². The smallest absolute Gasteiger partial charge is 0.231 e. The van der Waals surface area contributed by atoms with Gasteiger partial charge in [0.05, 0.1) is 5.69 Å². The predicted octanol–water partition coefficient (Wildman–Crippen LogP) is 2.56. The summed E-state index contributed by atoms with van der Waals surface area (Å²) in [4.78, 5) is 0. The Morgan fingerprint density at radius 3 is 2.38 bits per heavy atom. The molecule has 0 fully saturated rings. The lowest BCUT2D eigenvalue weighted by molar-refractivity contribution is 0.171. The second-order valence-electron chi connectivity index (χ2n) is 4.65. The van der Waals surface area contributed by atoms with Gasteiger partial charge in [0.25, 0.3) is 0 Å². The van der Waals surface area contributed by atoms with Crippen LogP contribution in [0.4, 0.5) is 5.69 Å². The summed E-state index contributed by atoms with van der Waals surface area (Å²) in [6, 6.07) is 8.79. The second kappa shape index (κ2) is 4.66. The largest absolute Gasteiger partial charge is 0.486 e. The Morgan fingerprint density at radius 2 is 1.52 bits per heavy atom. The molecule has 0 unspecified atom stereocenters. The Hall–Kier alpha value is -2.76. The molecule has 4 rings (SSSR count). The van der Waals surface area contributed by atoms with Gasteiger partial charge in [0, 0.05) is 18.2 Å². The normalized spacial score (nSPS) is 14.9. The van der Waals surface area contributed by atoms with Gasteiger partial charge >= 0.3 is 0 Å². The topological polar surface area (TPSA) is 72.2 Å². The van der Waals surface area contributed by atoms with E-state index in [9.17, 15) is 0 Å². The van der Waals surface area contributed by atoms with Gasteiger partial charge in [-0.25, -0.2) is 0 Å². The van der Waals surface area contributed by atoms with Crippen molar-refractivity contribution in [1.29, 1.82) is 0 Å². The van der Waals surface area contributed by atoms with Gasteiger partial charge in [0.15, 0.2) is 28.7 Å². The van der Waals surface area contributed by atoms with Gasteiger partial charge < -0.3 is 29.4 Å². The second-order valence-corrected chi connectivity index (χ2v) is 4.65. The highest BCUT2D eigenvalue weighted by atomic mass is 16.7. The van der Waals surface area contributed by atoms with E-state index < -0.39 is 0 Å². The number of hydrogen-bond acceptors (Lipinski definition) is 6. The average molecular weight is 287 g/mol. The number of hydrogen-bond donors (Lipinski definition) is 1. The minimum absolute atomic E-state index is 0.227. The quantitative estimate of drug-likeness (QED) is 0.856. The van der Waals surface area contributed by atoms with E-state index in [0.717, 1.165) is 0 Å². The summed E-state index contributed by atoms with van der Waals surface area (Å²) in [5.74, 6) is 3.75. The van der Waals surface area contributed by atoms with Crippen LogP contribution in [0.5, 0.6) is 34.5 Å². The molecule has 0 bridgehead atoms. The molecule has 0 saturated heterocycles. The Bertz CT molecular complexity index is 701. The fraction of sp³-hybridized carbons (Fsp3) is 0.200. The molecule has 21 heavy (non-hydrogen) atoms. The van der Waals surface area contributed by atoms with E-state index in [-0.39, 0.29) is 6.79 Å². The van der Waals surface area contributed by atoms with Crippen molar-refractivity contribution >= 4 is 5.69 Å². The number of benzene rings is 2. The number of nitrogen functional groups attached to an aromatic ring is 1. The van der Waals surface area contributed by atoms with Crippen LogP contribution in [0.3, 0.4) is 0 Å². The first-order valence-corrected chi connectivity index (χ1v) is 6.56. The molecule has 0 radical (unpaired) electrons. The van der Waals surface area contributed by atoms with Gasteiger partial charge in [-0.1, -0.05) is 0 Å². The van der Waals surface area contributed by atoms with Crippen LogP contribution in [0, 0.1) is 0 Å². The summed E-state index contributed by atoms with van der Waals surface area (Å²) in [6.07, 6.45) is 0. The third-order valence-electron chi connectivity index (χ3n) is 3.25. The Kier molecular flexibility index (Phi) is 2.67. The summed E-state index contributed by atoms with van der Waals surface area (Å²) in [5, 5.41) is 0. The van der Waals surface area contributed by atoms with Gasteiger partial charge in [-0.05, 0) is 12.1 Å². The molecule has 2 aromatic carbocycles. The maximum Gasteiger partial charge on any atom is 0.231 e. The molecule has 2 aliphatic rings. The highest BCUT2D eigenvalue weighted by Gasteiger charge is 2.18. The lowest BCUT2D eigenvalue weighted by Gasteiger charge is -2.20. The lowest BCUT2D eigenvalue weighted by atomic mass is 10.2. The fourth-order valence-electron chi connectivity index (χ4n) is 2.24. The Morgan fingerprint density at radius 1 is 0.810 bits per heavy atom. The minimum atomic E-state index is 0.227. The summed E-state index contributed by atoms with van der Waals surface area (Å²) >= 11 is 0. The third-order valence-corrected chi connectivity index (χ3v) is 3.25. The van der Waals surface area contributed by atoms with Gasteiger partial charge in [-0.2, -0.15) is 0 Å². The average Bonchev–Trinajstić information content (AvgIpc) is 2.95. The van der Waals surface area contributed by atoms with E-state index >= 15 is 0 Å². The summed E-state index contributed by atoms with van der Waals surface area (Å²) < 4.78 is 27.4. The molecule has 2 aromatic rings. The van der Waals surface area contributed by atoms with Crippen molar-refractivity contribution in [2.75, 3.05) is 25.7 Å². The van der Waals surface area contributed by atoms with E-state index in [0.29, 0.717) is 53.4 Å². The zero-order valence-electron chi connectivity index (χ0n) is 11.1. The molecule has 0 atom stereocenters. The molecular weight excluding hydrogens is 274 g/mol. The van der Waals surface area contributed by atoms with Crippen molar-refractivity contribution in [2.24, 2.45) is 0 Å². The van der Waals surface area contributed by atoms with Crippen molar-refractivity contribution in [3.8, 4) is 34.5 Å². The van der Waals surface area contributed by atoms with Crippen LogP contribution in [-0.2, 0) is 0 Å². The maximum absolute atomic E-state index is 5.99. The lowest BCUT2D eigenvalue weighted by Crippen LogP contribution is -2.15. The molecule has 0 aromatic heterocycles. The summed E-state index contributed by atoms with van der Waals surface area (Å²) in [7, 11) is 0. The SMILES string of the molecule is Nc1cc2c(cc1Oc1ccc3c(c1)OCO3)OCCO2. The first-order chi connectivity index (χ1) is 10.3. The molecule has 2 N–H and O–H groups in total. The summed E-state index contributed by atoms with van der Waals surface area (Å²) in [6.45, 7) is 1.26. The predicted molar refractivity (Wildman–Crippen MR) is 74.5 cm³/mol. The fourth-order valence-corrected chi connectivity index (χ4v) is 2.24. The minimum Gasteiger partial charge on any atom is -0.486 e. The number of fused-ring (bicyclic) bond motifs is 2. The maximum atomic E-state index is 5.99. The van der Waals surface area contributed by atoms with Crippen LogP contribution >= 0.6 is 0 Å². The third kappa shape index (κ3) is 2.14. The van der Waals surface area contributed by atoms with Crippen molar-refractivity contribution < 1.29 is 23.7 Å². The standard InChI is InChI=1S/C15H13NO5/c16-10-6-14-15(18-4-3-17-14)7-12(10)21-9-1-2-11-13(5-9)20-8-19-11/h1-2,5-7H,3-4,8,16H2. The van der Waals surface area contributed by atoms with E-state index in [1.165, 1.54) is 0 Å². The molecule has 2 heterocycles. The van der Waals surface area contributed by atoms with Crippen LogP contribution in [0.25, 0.3) is 0 Å². The van der Waals surface area contributed by atoms with Crippen LogP contribution < -0.4 is 29.4 Å². The Balaban J connectivity index is 1.65. The summed E-state index contributed by atoms with van der Waals surface area (Å²) in [5.41, 5.74) is 6.47. The van der Waals surface area contributed by atoms with Gasteiger partial charge in [0.2, 0.25) is 6.79 Å². The van der Waals surface area contributed by atoms with Crippen LogP contribution in [0.1, 0.15) is 0 Å². The number of nitrogens with two attached hydrogens (primary N) is 1. The zero-order valence-corrected chi connectivity index (χ0v) is 11.1. The van der Waals surface area contributed by atoms with Crippen LogP contribution in [0.2, 0.25) is 0 Å². The number of rotatable bonds is 2. The monoisotopic (exact) mass is 287 g/mol. The first-order valence-electron chi connectivity index (χ1n) is 6.56. The van der Waals surface area contributed by atoms with Crippen molar-refractivity contribution in [2.45, 2.75) is 0 Å². The van der Waals surface area contributed by atoms with E-state index in [1.54, 1.807) is 30.3 Å². The van der Waals surface area contributed by atoms with E-state index in [2.05, 4.69) is 0 Å². The highest BCUT2D eigenvalue weighted by Crippen LogP contribution is 2.42. The molecule has 6 nitrogen and oxygen atoms in total. The molecule has 0 spiro atoms. The molecule has 0 aliphatic carbocycles. The van der Waals surface area contributed by atoms with E-state index in [1.807, 2.05) is 0 Å². The number of anilines is 1. The molecule has 0 saturated carbocycles. The molecule has 2 aliphatic heterocycles. The highest BCUT2D eigenvalue weighted by molar-refractivity contribution is 5.63.